The van der Waals surface area contributed by atoms with Crippen molar-refractivity contribution in [1.29, 1.82) is 0 Å². The number of piperidine rings is 2. The lowest BCUT2D eigenvalue weighted by molar-refractivity contribution is 0.0715. The average Bonchev–Trinajstić information content (AvgIpc) is 2.95. The molecule has 6 nitrogen and oxygen atoms in total. The third-order valence-electron chi connectivity index (χ3n) is 8.34. The first-order valence-corrected chi connectivity index (χ1v) is 14.4. The number of piperazine rings is 1. The van der Waals surface area contributed by atoms with Crippen molar-refractivity contribution < 1.29 is 14.2 Å². The molecular formula is C30H42ClN3O3. The second-order valence-electron chi connectivity index (χ2n) is 10.6. The Balaban J connectivity index is 1.20. The normalized spacial score (nSPS) is 22.9. The number of likely N-dealkylation sites (tertiary alicyclic amines) is 1. The van der Waals surface area contributed by atoms with Crippen molar-refractivity contribution >= 4 is 17.3 Å². The predicted octanol–water partition coefficient (Wildman–Crippen LogP) is 6.03. The van der Waals surface area contributed by atoms with Gasteiger partial charge in [0.05, 0.1) is 25.8 Å². The van der Waals surface area contributed by atoms with Gasteiger partial charge in [-0.3, -0.25) is 4.90 Å². The maximum absolute atomic E-state index is 6.26. The van der Waals surface area contributed by atoms with Crippen molar-refractivity contribution in [2.75, 3.05) is 65.0 Å². The van der Waals surface area contributed by atoms with Crippen LogP contribution in [0.15, 0.2) is 36.4 Å². The van der Waals surface area contributed by atoms with Gasteiger partial charge in [-0.15, -0.1) is 0 Å². The van der Waals surface area contributed by atoms with Crippen LogP contribution in [0.3, 0.4) is 0 Å². The van der Waals surface area contributed by atoms with E-state index in [1.165, 1.54) is 62.9 Å². The second kappa shape index (κ2) is 12.6. The summed E-state index contributed by atoms with van der Waals surface area (Å²) < 4.78 is 17.4. The molecule has 37 heavy (non-hydrogen) atoms. The zero-order chi connectivity index (χ0) is 25.6. The van der Waals surface area contributed by atoms with Gasteiger partial charge in [0.25, 0.3) is 0 Å². The van der Waals surface area contributed by atoms with Gasteiger partial charge in [-0.05, 0) is 81.4 Å². The Bertz CT molecular complexity index is 1030. The molecule has 3 aliphatic rings. The monoisotopic (exact) mass is 527 g/mol. The van der Waals surface area contributed by atoms with Crippen LogP contribution in [0, 0.1) is 0 Å². The van der Waals surface area contributed by atoms with Crippen LogP contribution in [-0.4, -0.2) is 75.9 Å². The first kappa shape index (κ1) is 26.5. The standard InChI is InChI=1S/C30H42ClN3O3/c1-35-29-21-24(11-12-26(29)31)33-17-18-34-25(22-33)8-6-9-27(34)23-10-13-28(30(20-23)36-2)37-19-7-16-32-14-4-3-5-15-32/h10-13,20-21,25,27H,3-9,14-19,22H2,1-2H3/t25-,27+/m0/s1. The maximum atomic E-state index is 6.26. The van der Waals surface area contributed by atoms with Crippen molar-refractivity contribution in [3.8, 4) is 17.2 Å². The Kier molecular flexibility index (Phi) is 9.01. The number of halogens is 1. The third kappa shape index (κ3) is 6.30. The lowest BCUT2D eigenvalue weighted by atomic mass is 9.89. The Morgan fingerprint density at radius 2 is 1.68 bits per heavy atom. The van der Waals surface area contributed by atoms with E-state index in [4.69, 9.17) is 25.8 Å². The minimum absolute atomic E-state index is 0.419. The van der Waals surface area contributed by atoms with Crippen LogP contribution in [-0.2, 0) is 0 Å². The van der Waals surface area contributed by atoms with Gasteiger partial charge in [0.15, 0.2) is 11.5 Å². The van der Waals surface area contributed by atoms with Crippen LogP contribution < -0.4 is 19.1 Å². The minimum atomic E-state index is 0.419. The van der Waals surface area contributed by atoms with Gasteiger partial charge in [0, 0.05) is 50.0 Å². The Morgan fingerprint density at radius 3 is 2.49 bits per heavy atom. The molecule has 3 aliphatic heterocycles. The van der Waals surface area contributed by atoms with Crippen LogP contribution in [0.25, 0.3) is 0 Å². The number of hydrogen-bond donors (Lipinski definition) is 0. The van der Waals surface area contributed by atoms with Crippen molar-refractivity contribution in [1.82, 2.24) is 9.80 Å². The fraction of sp³-hybridized carbons (Fsp3) is 0.600. The molecule has 2 aromatic rings. The number of anilines is 1. The highest BCUT2D eigenvalue weighted by Gasteiger charge is 2.36. The number of rotatable bonds is 9. The summed E-state index contributed by atoms with van der Waals surface area (Å²) in [6, 6.07) is 13.7. The summed E-state index contributed by atoms with van der Waals surface area (Å²) in [5.41, 5.74) is 2.52. The topological polar surface area (TPSA) is 37.4 Å². The van der Waals surface area contributed by atoms with Crippen LogP contribution in [0.1, 0.15) is 56.6 Å². The van der Waals surface area contributed by atoms with Crippen LogP contribution in [0.4, 0.5) is 5.69 Å². The van der Waals surface area contributed by atoms with Gasteiger partial charge < -0.3 is 24.0 Å². The van der Waals surface area contributed by atoms with E-state index in [0.29, 0.717) is 17.1 Å². The Morgan fingerprint density at radius 1 is 0.838 bits per heavy atom. The molecule has 0 amide bonds. The summed E-state index contributed by atoms with van der Waals surface area (Å²) in [7, 11) is 3.43. The molecule has 2 atom stereocenters. The molecule has 0 N–H and O–H groups in total. The Labute approximate surface area is 227 Å². The summed E-state index contributed by atoms with van der Waals surface area (Å²) in [5, 5.41) is 0.658. The molecule has 3 saturated heterocycles. The predicted molar refractivity (Wildman–Crippen MR) is 151 cm³/mol. The van der Waals surface area contributed by atoms with E-state index in [9.17, 15) is 0 Å². The largest absolute Gasteiger partial charge is 0.495 e. The minimum Gasteiger partial charge on any atom is -0.495 e. The SMILES string of the molecule is COc1cc(N2CCN3[C@@H](CCC[C@@H]3c3ccc(OCCCN4CCCCC4)c(OC)c3)C2)ccc1Cl. The highest BCUT2D eigenvalue weighted by molar-refractivity contribution is 6.32. The summed E-state index contributed by atoms with van der Waals surface area (Å²) in [5.74, 6) is 2.45. The number of methoxy groups -OCH3 is 2. The number of fused-ring (bicyclic) bond motifs is 1. The van der Waals surface area contributed by atoms with Gasteiger partial charge in [-0.1, -0.05) is 24.1 Å². The van der Waals surface area contributed by atoms with E-state index in [2.05, 4.69) is 45.0 Å². The smallest absolute Gasteiger partial charge is 0.161 e. The highest BCUT2D eigenvalue weighted by atomic mass is 35.5. The quantitative estimate of drug-likeness (QED) is 0.371. The van der Waals surface area contributed by atoms with E-state index < -0.39 is 0 Å². The molecule has 0 aliphatic carbocycles. The maximum Gasteiger partial charge on any atom is 0.161 e. The lowest BCUT2D eigenvalue weighted by Crippen LogP contribution is -2.55. The van der Waals surface area contributed by atoms with Gasteiger partial charge in [-0.25, -0.2) is 0 Å². The molecule has 202 valence electrons. The molecule has 2 aromatic carbocycles. The number of benzene rings is 2. The third-order valence-corrected chi connectivity index (χ3v) is 8.65. The molecule has 3 fully saturated rings. The van der Waals surface area contributed by atoms with Gasteiger partial charge in [0.2, 0.25) is 0 Å². The fourth-order valence-electron chi connectivity index (χ4n) is 6.35. The Hall–Kier alpha value is -2.15. The first-order valence-electron chi connectivity index (χ1n) is 14.0. The van der Waals surface area contributed by atoms with Gasteiger partial charge >= 0.3 is 0 Å². The number of ether oxygens (including phenoxy) is 3. The van der Waals surface area contributed by atoms with Crippen molar-refractivity contribution in [2.24, 2.45) is 0 Å². The highest BCUT2D eigenvalue weighted by Crippen LogP contribution is 2.40. The number of nitrogens with zero attached hydrogens (tertiary/aromatic N) is 3. The summed E-state index contributed by atoms with van der Waals surface area (Å²) in [6.45, 7) is 7.39. The van der Waals surface area contributed by atoms with Gasteiger partial charge in [-0.2, -0.15) is 0 Å². The molecule has 5 rings (SSSR count). The van der Waals surface area contributed by atoms with E-state index >= 15 is 0 Å². The summed E-state index contributed by atoms with van der Waals surface area (Å²) in [4.78, 5) is 7.75. The zero-order valence-electron chi connectivity index (χ0n) is 22.5. The van der Waals surface area contributed by atoms with Crippen LogP contribution in [0.5, 0.6) is 17.2 Å². The van der Waals surface area contributed by atoms with Crippen molar-refractivity contribution in [2.45, 2.75) is 57.0 Å². The zero-order valence-corrected chi connectivity index (χ0v) is 23.2. The summed E-state index contributed by atoms with van der Waals surface area (Å²) in [6.07, 6.45) is 8.76. The molecule has 0 saturated carbocycles. The van der Waals surface area contributed by atoms with Gasteiger partial charge in [0.1, 0.15) is 5.75 Å². The molecule has 0 radical (unpaired) electrons. The second-order valence-corrected chi connectivity index (χ2v) is 11.0. The van der Waals surface area contributed by atoms with E-state index in [0.717, 1.165) is 56.5 Å². The first-order chi connectivity index (χ1) is 18.2. The molecular weight excluding hydrogens is 486 g/mol. The van der Waals surface area contributed by atoms with Crippen molar-refractivity contribution in [3.63, 3.8) is 0 Å². The molecule has 7 heteroatoms. The molecule has 0 bridgehead atoms. The molecule has 0 unspecified atom stereocenters. The van der Waals surface area contributed by atoms with Crippen LogP contribution >= 0.6 is 11.6 Å². The molecule has 0 aromatic heterocycles. The fourth-order valence-corrected chi connectivity index (χ4v) is 6.55. The van der Waals surface area contributed by atoms with Crippen molar-refractivity contribution in [3.05, 3.63) is 47.0 Å². The number of hydrogen-bond acceptors (Lipinski definition) is 6. The van der Waals surface area contributed by atoms with E-state index in [-0.39, 0.29) is 0 Å². The van der Waals surface area contributed by atoms with Crippen LogP contribution in [0.2, 0.25) is 5.02 Å². The molecule has 0 spiro atoms. The van der Waals surface area contributed by atoms with E-state index in [1.807, 2.05) is 6.07 Å². The molecule has 3 heterocycles. The average molecular weight is 528 g/mol. The van der Waals surface area contributed by atoms with E-state index in [1.54, 1.807) is 14.2 Å². The summed E-state index contributed by atoms with van der Waals surface area (Å²) >= 11 is 6.26. The lowest BCUT2D eigenvalue weighted by Gasteiger charge is -2.49.